The van der Waals surface area contributed by atoms with Crippen LogP contribution in [0.3, 0.4) is 0 Å². The largest absolute Gasteiger partial charge is 0.297 e. The van der Waals surface area contributed by atoms with E-state index < -0.39 is 0 Å². The number of rotatable bonds is 2. The minimum absolute atomic E-state index is 1.00. The minimum Gasteiger partial charge on any atom is -0.297 e. The maximum absolute atomic E-state index is 4.08. The summed E-state index contributed by atoms with van der Waals surface area (Å²) < 4.78 is 0. The van der Waals surface area contributed by atoms with Crippen molar-refractivity contribution < 1.29 is 0 Å². The van der Waals surface area contributed by atoms with Crippen molar-refractivity contribution in [2.24, 2.45) is 5.92 Å². The van der Waals surface area contributed by atoms with Gasteiger partial charge in [-0.25, -0.2) is 0 Å². The van der Waals surface area contributed by atoms with Crippen molar-refractivity contribution in [2.45, 2.75) is 19.3 Å². The van der Waals surface area contributed by atoms with Crippen LogP contribution in [0.2, 0.25) is 0 Å². The van der Waals surface area contributed by atoms with Gasteiger partial charge in [0.15, 0.2) is 5.10 Å². The summed E-state index contributed by atoms with van der Waals surface area (Å²) in [5.74, 6) is 1.00. The van der Waals surface area contributed by atoms with E-state index in [1.54, 1.807) is 0 Å². The van der Waals surface area contributed by atoms with Gasteiger partial charge in [-0.2, -0.15) is 0 Å². The molecule has 0 unspecified atom stereocenters. The number of hydrazone groups is 1. The molecule has 0 aromatic rings. The molecule has 2 aliphatic heterocycles. The number of hydrogen-bond donors (Lipinski definition) is 1. The molecule has 1 saturated carbocycles. The zero-order valence-electron chi connectivity index (χ0n) is 7.79. The molecule has 3 heteroatoms. The number of nitrogens with one attached hydrogen (secondary N) is 1. The van der Waals surface area contributed by atoms with E-state index in [9.17, 15) is 0 Å². The Morgan fingerprint density at radius 2 is 2.46 bits per heavy atom. The van der Waals surface area contributed by atoms with Gasteiger partial charge in [-0.3, -0.25) is 4.90 Å². The van der Waals surface area contributed by atoms with Crippen molar-refractivity contribution in [2.75, 3.05) is 19.6 Å². The highest BCUT2D eigenvalue weighted by atomic mass is 15.3. The van der Waals surface area contributed by atoms with Gasteiger partial charge >= 0.3 is 0 Å². The van der Waals surface area contributed by atoms with Gasteiger partial charge in [0.2, 0.25) is 0 Å². The molecule has 0 aromatic heterocycles. The average molecular weight is 177 g/mol. The first-order chi connectivity index (χ1) is 6.42. The fourth-order valence-electron chi connectivity index (χ4n) is 2.09. The zero-order chi connectivity index (χ0) is 8.67. The Labute approximate surface area is 78.5 Å². The van der Waals surface area contributed by atoms with Gasteiger partial charge in [-0.05, 0) is 25.2 Å². The van der Waals surface area contributed by atoms with Crippen molar-refractivity contribution >= 4 is 6.21 Å². The van der Waals surface area contributed by atoms with Crippen molar-refractivity contribution in [3.8, 4) is 0 Å². The van der Waals surface area contributed by atoms with Crippen LogP contribution in [0.1, 0.15) is 19.3 Å². The molecule has 2 heterocycles. The third kappa shape index (κ3) is 1.48. The Morgan fingerprint density at radius 1 is 1.54 bits per heavy atom. The molecule has 69 valence electrons. The minimum atomic E-state index is 1.00. The highest BCUT2D eigenvalue weighted by molar-refractivity contribution is 5.80. The van der Waals surface area contributed by atoms with Crippen LogP contribution < -0.4 is 10.5 Å². The lowest BCUT2D eigenvalue weighted by Crippen LogP contribution is -2.35. The summed E-state index contributed by atoms with van der Waals surface area (Å²) in [7, 11) is 0. The van der Waals surface area contributed by atoms with Crippen molar-refractivity contribution in [1.29, 1.82) is 0 Å². The van der Waals surface area contributed by atoms with Crippen LogP contribution in [0.5, 0.6) is 0 Å². The molecule has 1 radical (unpaired) electrons. The van der Waals surface area contributed by atoms with Crippen LogP contribution in [-0.4, -0.2) is 30.7 Å². The Balaban J connectivity index is 1.63. The molecule has 0 bridgehead atoms. The van der Waals surface area contributed by atoms with Crippen molar-refractivity contribution in [3.63, 3.8) is 0 Å². The van der Waals surface area contributed by atoms with Crippen LogP contribution in [-0.2, 0) is 0 Å². The van der Waals surface area contributed by atoms with Crippen molar-refractivity contribution in [1.82, 2.24) is 15.4 Å². The summed E-state index contributed by atoms with van der Waals surface area (Å²) >= 11 is 0. The SMILES string of the molecule is C1=[N+]NC2=C1CCN(CC1CC1)C2. The van der Waals surface area contributed by atoms with Gasteiger partial charge in [-0.15, -0.1) is 5.43 Å². The Hall–Kier alpha value is -0.830. The van der Waals surface area contributed by atoms with Crippen molar-refractivity contribution in [3.05, 3.63) is 11.3 Å². The third-order valence-electron chi connectivity index (χ3n) is 3.10. The lowest BCUT2D eigenvalue weighted by molar-refractivity contribution is 0.271. The zero-order valence-corrected chi connectivity index (χ0v) is 7.79. The van der Waals surface area contributed by atoms with Gasteiger partial charge in [-0.1, -0.05) is 0 Å². The summed E-state index contributed by atoms with van der Waals surface area (Å²) in [5.41, 5.74) is 5.85. The summed E-state index contributed by atoms with van der Waals surface area (Å²) in [4.78, 5) is 2.55. The summed E-state index contributed by atoms with van der Waals surface area (Å²) in [6, 6.07) is 0. The maximum Gasteiger partial charge on any atom is 0.280 e. The molecule has 0 amide bonds. The van der Waals surface area contributed by atoms with Crippen LogP contribution in [0, 0.1) is 5.92 Å². The van der Waals surface area contributed by atoms with E-state index in [2.05, 4.69) is 15.4 Å². The highest BCUT2D eigenvalue weighted by Gasteiger charge is 2.30. The van der Waals surface area contributed by atoms with E-state index in [-0.39, 0.29) is 0 Å². The molecule has 3 nitrogen and oxygen atoms in total. The van der Waals surface area contributed by atoms with E-state index in [0.717, 1.165) is 12.5 Å². The molecule has 1 fully saturated rings. The molecule has 1 N–H and O–H groups in total. The summed E-state index contributed by atoms with van der Waals surface area (Å²) in [6.07, 6.45) is 6.06. The average Bonchev–Trinajstić information content (AvgIpc) is 2.83. The predicted molar refractivity (Wildman–Crippen MR) is 52.1 cm³/mol. The summed E-state index contributed by atoms with van der Waals surface area (Å²) in [6.45, 7) is 3.62. The van der Waals surface area contributed by atoms with E-state index in [4.69, 9.17) is 0 Å². The van der Waals surface area contributed by atoms with E-state index >= 15 is 0 Å². The smallest absolute Gasteiger partial charge is 0.280 e. The quantitative estimate of drug-likeness (QED) is 0.656. The lowest BCUT2D eigenvalue weighted by Gasteiger charge is -2.25. The first kappa shape index (κ1) is 7.56. The van der Waals surface area contributed by atoms with Crippen LogP contribution in [0.4, 0.5) is 0 Å². The molecule has 13 heavy (non-hydrogen) atoms. The topological polar surface area (TPSA) is 29.4 Å². The van der Waals surface area contributed by atoms with Gasteiger partial charge in [0.1, 0.15) is 5.70 Å². The third-order valence-corrected chi connectivity index (χ3v) is 3.10. The van der Waals surface area contributed by atoms with Gasteiger partial charge in [0.25, 0.3) is 6.21 Å². The Kier molecular flexibility index (Phi) is 1.65. The van der Waals surface area contributed by atoms with E-state index in [1.807, 2.05) is 6.21 Å². The van der Waals surface area contributed by atoms with Crippen LogP contribution >= 0.6 is 0 Å². The second-order valence-corrected chi connectivity index (χ2v) is 4.30. The van der Waals surface area contributed by atoms with Gasteiger partial charge in [0, 0.05) is 19.6 Å². The second-order valence-electron chi connectivity index (χ2n) is 4.30. The molecular formula is C10H15N3+. The van der Waals surface area contributed by atoms with Crippen LogP contribution in [0.25, 0.3) is 0 Å². The molecule has 3 rings (SSSR count). The predicted octanol–water partition coefficient (Wildman–Crippen LogP) is 0.281. The first-order valence-electron chi connectivity index (χ1n) is 5.15. The fraction of sp³-hybridized carbons (Fsp3) is 0.700. The van der Waals surface area contributed by atoms with Crippen LogP contribution in [0.15, 0.2) is 11.3 Å². The van der Waals surface area contributed by atoms with Gasteiger partial charge < -0.3 is 0 Å². The first-order valence-corrected chi connectivity index (χ1v) is 5.15. The molecule has 0 spiro atoms. The Bertz CT molecular complexity index is 276. The second kappa shape index (κ2) is 2.84. The lowest BCUT2D eigenvalue weighted by atomic mass is 10.1. The maximum atomic E-state index is 4.08. The summed E-state index contributed by atoms with van der Waals surface area (Å²) in [5, 5.41) is 4.08. The highest BCUT2D eigenvalue weighted by Crippen LogP contribution is 2.30. The Morgan fingerprint density at radius 3 is 3.31 bits per heavy atom. The normalized spacial score (nSPS) is 27.7. The molecule has 1 aliphatic carbocycles. The van der Waals surface area contributed by atoms with Gasteiger partial charge in [0.05, 0.1) is 5.57 Å². The fourth-order valence-corrected chi connectivity index (χ4v) is 2.09. The molecule has 3 aliphatic rings. The molecule has 0 saturated heterocycles. The molecule has 0 aromatic carbocycles. The van der Waals surface area contributed by atoms with E-state index in [0.29, 0.717) is 0 Å². The number of nitrogens with zero attached hydrogens (tertiary/aromatic N) is 2. The number of hydrogen-bond acceptors (Lipinski definition) is 3. The van der Waals surface area contributed by atoms with E-state index in [1.165, 1.54) is 43.6 Å². The standard InChI is InChI=1S/C10H15N3/c1-2-8(1)6-13-4-3-9-5-11-12-10(9)7-13/h5,8,12H,1-4,6-7H2/q+1. The molecule has 0 atom stereocenters. The monoisotopic (exact) mass is 177 g/mol. The molecular weight excluding hydrogens is 162 g/mol.